The minimum Gasteiger partial charge on any atom is -0.481 e. The molecule has 0 amide bonds. The Kier molecular flexibility index (Phi) is 5.06. The highest BCUT2D eigenvalue weighted by atomic mass is 32.2. The van der Waals surface area contributed by atoms with E-state index in [2.05, 4.69) is 10.2 Å². The van der Waals surface area contributed by atoms with Crippen LogP contribution in [0, 0.1) is 0 Å². The third-order valence-corrected chi connectivity index (χ3v) is 2.75. The van der Waals surface area contributed by atoms with Gasteiger partial charge < -0.3 is 15.6 Å². The molecule has 0 saturated heterocycles. The van der Waals surface area contributed by atoms with Crippen LogP contribution in [0.2, 0.25) is 0 Å². The molecular formula is C8H14N4O3S. The van der Waals surface area contributed by atoms with Crippen molar-refractivity contribution in [2.45, 2.75) is 18.1 Å². The normalized spacial score (nSPS) is 10.6. The van der Waals surface area contributed by atoms with Gasteiger partial charge in [-0.2, -0.15) is 0 Å². The first kappa shape index (κ1) is 12.8. The van der Waals surface area contributed by atoms with Crippen LogP contribution in [0.4, 0.5) is 5.95 Å². The molecule has 1 aromatic rings. The van der Waals surface area contributed by atoms with Crippen LogP contribution in [-0.2, 0) is 16.1 Å². The highest BCUT2D eigenvalue weighted by molar-refractivity contribution is 7.99. The minimum atomic E-state index is -0.894. The molecule has 0 radical (unpaired) electrons. The van der Waals surface area contributed by atoms with Gasteiger partial charge in [0.2, 0.25) is 5.95 Å². The number of aliphatic carboxylic acids is 1. The largest absolute Gasteiger partial charge is 0.481 e. The molecule has 0 aliphatic rings. The third kappa shape index (κ3) is 3.70. The van der Waals surface area contributed by atoms with Crippen molar-refractivity contribution in [3.63, 3.8) is 0 Å². The number of carboxylic acids is 1. The van der Waals surface area contributed by atoms with Crippen LogP contribution in [-0.4, -0.2) is 45.3 Å². The summed E-state index contributed by atoms with van der Waals surface area (Å²) in [6, 6.07) is 0. The lowest BCUT2D eigenvalue weighted by Gasteiger charge is -2.06. The fourth-order valence-corrected chi connectivity index (χ4v) is 1.80. The molecule has 16 heavy (non-hydrogen) atoms. The first-order valence-corrected chi connectivity index (χ1v) is 5.66. The van der Waals surface area contributed by atoms with Crippen LogP contribution in [0.15, 0.2) is 5.16 Å². The summed E-state index contributed by atoms with van der Waals surface area (Å²) in [6.45, 7) is 1.23. The second-order valence-corrected chi connectivity index (χ2v) is 3.96. The fourth-order valence-electron chi connectivity index (χ4n) is 1.11. The van der Waals surface area contributed by atoms with E-state index in [0.717, 1.165) is 18.2 Å². The molecule has 8 heteroatoms. The van der Waals surface area contributed by atoms with Gasteiger partial charge in [-0.1, -0.05) is 11.8 Å². The van der Waals surface area contributed by atoms with E-state index in [1.165, 1.54) is 0 Å². The van der Waals surface area contributed by atoms with Gasteiger partial charge in [-0.15, -0.1) is 10.2 Å². The maximum Gasteiger partial charge on any atom is 0.313 e. The van der Waals surface area contributed by atoms with Crippen molar-refractivity contribution in [1.29, 1.82) is 0 Å². The van der Waals surface area contributed by atoms with Crippen molar-refractivity contribution in [3.8, 4) is 0 Å². The van der Waals surface area contributed by atoms with Crippen LogP contribution >= 0.6 is 11.8 Å². The van der Waals surface area contributed by atoms with Crippen molar-refractivity contribution in [1.82, 2.24) is 14.8 Å². The Bertz CT molecular complexity index is 355. The lowest BCUT2D eigenvalue weighted by Crippen LogP contribution is -2.08. The van der Waals surface area contributed by atoms with E-state index in [4.69, 9.17) is 15.6 Å². The summed E-state index contributed by atoms with van der Waals surface area (Å²) in [5, 5.41) is 16.6. The van der Waals surface area contributed by atoms with Gasteiger partial charge in [-0.3, -0.25) is 9.36 Å². The molecule has 0 spiro atoms. The minimum absolute atomic E-state index is 0.0532. The average molecular weight is 246 g/mol. The number of carbonyl (C=O) groups is 1. The predicted molar refractivity (Wildman–Crippen MR) is 59.3 cm³/mol. The Labute approximate surface area is 97.0 Å². The summed E-state index contributed by atoms with van der Waals surface area (Å²) in [7, 11) is 1.62. The summed E-state index contributed by atoms with van der Waals surface area (Å²) in [5.74, 6) is -0.651. The van der Waals surface area contributed by atoms with Gasteiger partial charge in [0.15, 0.2) is 5.16 Å². The number of ether oxygens (including phenoxy) is 1. The summed E-state index contributed by atoms with van der Waals surface area (Å²) in [4.78, 5) is 10.4. The van der Waals surface area contributed by atoms with Gasteiger partial charge in [-0.05, 0) is 6.42 Å². The Morgan fingerprint density at radius 1 is 1.62 bits per heavy atom. The number of nitrogens with two attached hydrogens (primary N) is 1. The number of carboxylic acid groups (broad SMARTS) is 1. The van der Waals surface area contributed by atoms with E-state index in [9.17, 15) is 4.79 Å². The molecule has 7 nitrogen and oxygen atoms in total. The number of thioether (sulfide) groups is 1. The quantitative estimate of drug-likeness (QED) is 0.518. The Morgan fingerprint density at radius 2 is 2.38 bits per heavy atom. The molecule has 0 fully saturated rings. The summed E-state index contributed by atoms with van der Waals surface area (Å²) in [5.41, 5.74) is 5.62. The second-order valence-electron chi connectivity index (χ2n) is 3.02. The Morgan fingerprint density at radius 3 is 3.00 bits per heavy atom. The Balaban J connectivity index is 2.58. The van der Waals surface area contributed by atoms with E-state index < -0.39 is 5.97 Å². The molecule has 1 heterocycles. The van der Waals surface area contributed by atoms with Crippen LogP contribution in [0.25, 0.3) is 0 Å². The fraction of sp³-hybridized carbons (Fsp3) is 0.625. The highest BCUT2D eigenvalue weighted by Crippen LogP contribution is 2.18. The van der Waals surface area contributed by atoms with Gasteiger partial charge >= 0.3 is 5.97 Å². The van der Waals surface area contributed by atoms with E-state index in [1.807, 2.05) is 0 Å². The average Bonchev–Trinajstić information content (AvgIpc) is 2.58. The topological polar surface area (TPSA) is 103 Å². The van der Waals surface area contributed by atoms with Gasteiger partial charge in [0, 0.05) is 20.3 Å². The molecule has 90 valence electrons. The maximum absolute atomic E-state index is 10.4. The van der Waals surface area contributed by atoms with Crippen LogP contribution in [0.1, 0.15) is 6.42 Å². The second kappa shape index (κ2) is 6.33. The molecule has 0 atom stereocenters. The number of nitrogen functional groups attached to an aromatic ring is 1. The van der Waals surface area contributed by atoms with E-state index in [1.54, 1.807) is 11.7 Å². The zero-order valence-corrected chi connectivity index (χ0v) is 9.74. The van der Waals surface area contributed by atoms with Crippen molar-refractivity contribution in [2.75, 3.05) is 25.2 Å². The highest BCUT2D eigenvalue weighted by Gasteiger charge is 2.11. The molecule has 0 saturated carbocycles. The molecule has 0 aliphatic carbocycles. The number of methoxy groups -OCH3 is 1. The standard InChI is InChI=1S/C8H14N4O3S/c1-15-4-2-3-12-7(9)10-11-8(12)16-5-6(13)14/h2-5H2,1H3,(H2,9,10)(H,13,14). The van der Waals surface area contributed by atoms with E-state index >= 15 is 0 Å². The molecule has 0 aromatic carbocycles. The molecule has 0 unspecified atom stereocenters. The van der Waals surface area contributed by atoms with Crippen molar-refractivity contribution in [2.24, 2.45) is 0 Å². The van der Waals surface area contributed by atoms with E-state index in [0.29, 0.717) is 24.3 Å². The van der Waals surface area contributed by atoms with E-state index in [-0.39, 0.29) is 5.75 Å². The van der Waals surface area contributed by atoms with Gasteiger partial charge in [-0.25, -0.2) is 0 Å². The number of nitrogens with zero attached hydrogens (tertiary/aromatic N) is 3. The van der Waals surface area contributed by atoms with Crippen molar-refractivity contribution in [3.05, 3.63) is 0 Å². The molecule has 1 aromatic heterocycles. The molecular weight excluding hydrogens is 232 g/mol. The summed E-state index contributed by atoms with van der Waals surface area (Å²) >= 11 is 1.10. The molecule has 1 rings (SSSR count). The first-order chi connectivity index (χ1) is 7.65. The monoisotopic (exact) mass is 246 g/mol. The number of hydrogen-bond donors (Lipinski definition) is 2. The maximum atomic E-state index is 10.4. The van der Waals surface area contributed by atoms with Crippen LogP contribution < -0.4 is 5.73 Å². The number of hydrogen-bond acceptors (Lipinski definition) is 6. The zero-order chi connectivity index (χ0) is 12.0. The van der Waals surface area contributed by atoms with Gasteiger partial charge in [0.1, 0.15) is 0 Å². The first-order valence-electron chi connectivity index (χ1n) is 4.67. The summed E-state index contributed by atoms with van der Waals surface area (Å²) < 4.78 is 6.61. The number of rotatable bonds is 7. The molecule has 0 bridgehead atoms. The van der Waals surface area contributed by atoms with Gasteiger partial charge in [0.05, 0.1) is 5.75 Å². The smallest absolute Gasteiger partial charge is 0.313 e. The Hall–Kier alpha value is -1.28. The lowest BCUT2D eigenvalue weighted by molar-refractivity contribution is -0.133. The van der Waals surface area contributed by atoms with Crippen LogP contribution in [0.5, 0.6) is 0 Å². The SMILES string of the molecule is COCCCn1c(N)nnc1SCC(=O)O. The number of aromatic nitrogens is 3. The predicted octanol–water partition coefficient (Wildman–Crippen LogP) is 0.0735. The van der Waals surface area contributed by atoms with Crippen molar-refractivity contribution < 1.29 is 14.6 Å². The zero-order valence-electron chi connectivity index (χ0n) is 8.92. The summed E-state index contributed by atoms with van der Waals surface area (Å²) in [6.07, 6.45) is 0.777. The van der Waals surface area contributed by atoms with Gasteiger partial charge in [0.25, 0.3) is 0 Å². The van der Waals surface area contributed by atoms with Crippen molar-refractivity contribution >= 4 is 23.7 Å². The lowest BCUT2D eigenvalue weighted by atomic mass is 10.4. The number of anilines is 1. The van der Waals surface area contributed by atoms with Crippen LogP contribution in [0.3, 0.4) is 0 Å². The molecule has 3 N–H and O–H groups in total. The third-order valence-electron chi connectivity index (χ3n) is 1.80. The molecule has 0 aliphatic heterocycles.